The van der Waals surface area contributed by atoms with E-state index in [1.54, 1.807) is 30.3 Å². The Kier molecular flexibility index (Phi) is 7.24. The number of H-pyrrole nitrogens is 1. The van der Waals surface area contributed by atoms with Gasteiger partial charge in [-0.15, -0.1) is 0 Å². The molecule has 1 saturated heterocycles. The van der Waals surface area contributed by atoms with E-state index >= 15 is 0 Å². The molecule has 200 valence electrons. The molecule has 40 heavy (non-hydrogen) atoms. The summed E-state index contributed by atoms with van der Waals surface area (Å²) in [5, 5.41) is 0.601. The second kappa shape index (κ2) is 11.4. The molecule has 1 N–H and O–H groups in total. The highest BCUT2D eigenvalue weighted by Crippen LogP contribution is 2.28. The van der Waals surface area contributed by atoms with E-state index in [9.17, 15) is 9.59 Å². The summed E-state index contributed by atoms with van der Waals surface area (Å²) in [7, 11) is 0. The fourth-order valence-corrected chi connectivity index (χ4v) is 4.83. The number of nitrogens with one attached hydrogen (secondary N) is 1. The minimum absolute atomic E-state index is 0.111. The van der Waals surface area contributed by atoms with Crippen molar-refractivity contribution >= 4 is 22.6 Å². The largest absolute Gasteiger partial charge is 0.456 e. The maximum atomic E-state index is 13.1. The summed E-state index contributed by atoms with van der Waals surface area (Å²) < 4.78 is 11.7. The number of aromatic nitrogens is 2. The molecule has 1 aliphatic rings. The number of piperazine rings is 1. The molecule has 0 unspecified atom stereocenters. The van der Waals surface area contributed by atoms with Gasteiger partial charge in [-0.3, -0.25) is 9.69 Å². The molecular weight excluding hydrogens is 504 g/mol. The van der Waals surface area contributed by atoms with Crippen LogP contribution in [0.4, 0.5) is 5.69 Å². The fourth-order valence-electron chi connectivity index (χ4n) is 4.83. The molecule has 0 radical (unpaired) electrons. The Morgan fingerprint density at radius 2 is 1.52 bits per heavy atom. The Hall–Kier alpha value is -4.95. The molecule has 6 rings (SSSR count). The van der Waals surface area contributed by atoms with Crippen molar-refractivity contribution < 1.29 is 14.3 Å². The van der Waals surface area contributed by atoms with Gasteiger partial charge in [0.25, 0.3) is 5.56 Å². The van der Waals surface area contributed by atoms with Crippen LogP contribution in [0.2, 0.25) is 0 Å². The van der Waals surface area contributed by atoms with Crippen molar-refractivity contribution in [2.45, 2.75) is 6.54 Å². The third-order valence-electron chi connectivity index (χ3n) is 6.88. The lowest BCUT2D eigenvalue weighted by atomic mass is 10.2. The number of para-hydroxylation sites is 3. The van der Waals surface area contributed by atoms with E-state index in [1.807, 2.05) is 72.8 Å². The Labute approximate surface area is 231 Å². The number of fused-ring (bicyclic) bond motifs is 1. The second-order valence-corrected chi connectivity index (χ2v) is 9.59. The number of hydrogen-bond donors (Lipinski definition) is 1. The van der Waals surface area contributed by atoms with Crippen molar-refractivity contribution in [1.82, 2.24) is 14.9 Å². The number of esters is 1. The Bertz CT molecular complexity index is 1690. The number of benzene rings is 4. The molecule has 1 aromatic heterocycles. The van der Waals surface area contributed by atoms with Crippen LogP contribution >= 0.6 is 0 Å². The predicted molar refractivity (Wildman–Crippen MR) is 154 cm³/mol. The van der Waals surface area contributed by atoms with Crippen LogP contribution in [0.25, 0.3) is 10.9 Å². The number of anilines is 1. The predicted octanol–water partition coefficient (Wildman–Crippen LogP) is 5.26. The van der Waals surface area contributed by atoms with E-state index in [2.05, 4.69) is 19.8 Å². The number of nitrogens with zero attached hydrogens (tertiary/aromatic N) is 3. The van der Waals surface area contributed by atoms with Gasteiger partial charge in [0.05, 0.1) is 17.4 Å². The maximum absolute atomic E-state index is 13.1. The number of carbonyl (C=O) groups is 1. The summed E-state index contributed by atoms with van der Waals surface area (Å²) >= 11 is 0. The van der Waals surface area contributed by atoms with Crippen LogP contribution in [0.1, 0.15) is 16.2 Å². The van der Waals surface area contributed by atoms with E-state index < -0.39 is 5.97 Å². The van der Waals surface area contributed by atoms with Gasteiger partial charge in [-0.1, -0.05) is 48.5 Å². The summed E-state index contributed by atoms with van der Waals surface area (Å²) in [5.41, 5.74) is 1.93. The van der Waals surface area contributed by atoms with Crippen LogP contribution in [0.3, 0.4) is 0 Å². The first-order valence-electron chi connectivity index (χ1n) is 13.2. The van der Waals surface area contributed by atoms with Gasteiger partial charge in [-0.25, -0.2) is 9.78 Å². The van der Waals surface area contributed by atoms with Gasteiger partial charge in [0.1, 0.15) is 28.6 Å². The molecular formula is C32H28N4O4. The average molecular weight is 533 g/mol. The van der Waals surface area contributed by atoms with Crippen molar-refractivity contribution in [2.24, 2.45) is 0 Å². The second-order valence-electron chi connectivity index (χ2n) is 9.59. The van der Waals surface area contributed by atoms with Crippen LogP contribution in [0.5, 0.6) is 17.2 Å². The van der Waals surface area contributed by atoms with Gasteiger partial charge in [-0.2, -0.15) is 0 Å². The third-order valence-corrected chi connectivity index (χ3v) is 6.88. The fraction of sp³-hybridized carbons (Fsp3) is 0.156. The lowest BCUT2D eigenvalue weighted by molar-refractivity contribution is 0.0732. The van der Waals surface area contributed by atoms with Crippen LogP contribution in [-0.2, 0) is 6.54 Å². The van der Waals surface area contributed by atoms with Crippen LogP contribution in [0.15, 0.2) is 108 Å². The smallest absolute Gasteiger partial charge is 0.347 e. The molecule has 8 nitrogen and oxygen atoms in total. The highest BCUT2D eigenvalue weighted by molar-refractivity contribution is 5.94. The summed E-state index contributed by atoms with van der Waals surface area (Å²) in [5.74, 6) is 1.74. The third kappa shape index (κ3) is 5.72. The van der Waals surface area contributed by atoms with Gasteiger partial charge in [-0.05, 0) is 48.5 Å². The van der Waals surface area contributed by atoms with Crippen molar-refractivity contribution in [3.05, 3.63) is 125 Å². The van der Waals surface area contributed by atoms with Crippen LogP contribution < -0.4 is 19.9 Å². The monoisotopic (exact) mass is 532 g/mol. The molecule has 4 aromatic carbocycles. The Balaban J connectivity index is 1.09. The SMILES string of the molecule is O=C(Oc1cccc(N2CCN(Cc3nc4ccccc4c(=O)[nH]3)CC2)c1)c1ccccc1Oc1ccccc1. The molecule has 1 fully saturated rings. The van der Waals surface area contributed by atoms with Crippen molar-refractivity contribution in [1.29, 1.82) is 0 Å². The number of ether oxygens (including phenoxy) is 2. The van der Waals surface area contributed by atoms with E-state index in [-0.39, 0.29) is 5.56 Å². The summed E-state index contributed by atoms with van der Waals surface area (Å²) in [6, 6.07) is 31.3. The molecule has 0 amide bonds. The highest BCUT2D eigenvalue weighted by Gasteiger charge is 2.20. The number of rotatable bonds is 7. The lowest BCUT2D eigenvalue weighted by Crippen LogP contribution is -2.46. The van der Waals surface area contributed by atoms with Crippen molar-refractivity contribution in [3.63, 3.8) is 0 Å². The van der Waals surface area contributed by atoms with Crippen LogP contribution in [-0.4, -0.2) is 47.0 Å². The zero-order chi connectivity index (χ0) is 27.3. The first kappa shape index (κ1) is 25.3. The molecule has 0 bridgehead atoms. The van der Waals surface area contributed by atoms with Crippen LogP contribution in [0, 0.1) is 0 Å². The van der Waals surface area contributed by atoms with Gasteiger partial charge >= 0.3 is 5.97 Å². The van der Waals surface area contributed by atoms with Gasteiger partial charge in [0.2, 0.25) is 0 Å². The van der Waals surface area contributed by atoms with E-state index in [1.165, 1.54) is 0 Å². The van der Waals surface area contributed by atoms with E-state index in [0.717, 1.165) is 31.9 Å². The summed E-state index contributed by atoms with van der Waals surface area (Å²) in [6.45, 7) is 3.79. The molecule has 5 aromatic rings. The van der Waals surface area contributed by atoms with Gasteiger partial charge in [0.15, 0.2) is 0 Å². The van der Waals surface area contributed by atoms with Crippen molar-refractivity contribution in [2.75, 3.05) is 31.1 Å². The lowest BCUT2D eigenvalue weighted by Gasteiger charge is -2.35. The summed E-state index contributed by atoms with van der Waals surface area (Å²) in [6.07, 6.45) is 0. The van der Waals surface area contributed by atoms with Crippen molar-refractivity contribution in [3.8, 4) is 17.2 Å². The molecule has 1 aliphatic heterocycles. The molecule has 0 spiro atoms. The maximum Gasteiger partial charge on any atom is 0.347 e. The molecule has 0 atom stereocenters. The molecule has 8 heteroatoms. The minimum Gasteiger partial charge on any atom is -0.456 e. The normalized spacial score (nSPS) is 13.8. The average Bonchev–Trinajstić information content (AvgIpc) is 2.98. The zero-order valence-corrected chi connectivity index (χ0v) is 21.8. The minimum atomic E-state index is -0.481. The molecule has 0 saturated carbocycles. The van der Waals surface area contributed by atoms with E-state index in [4.69, 9.17) is 9.47 Å². The Morgan fingerprint density at radius 3 is 2.38 bits per heavy atom. The first-order valence-corrected chi connectivity index (χ1v) is 13.2. The quantitative estimate of drug-likeness (QED) is 0.226. The van der Waals surface area contributed by atoms with E-state index in [0.29, 0.717) is 46.1 Å². The number of aromatic amines is 1. The molecule has 0 aliphatic carbocycles. The first-order chi connectivity index (χ1) is 19.6. The zero-order valence-electron chi connectivity index (χ0n) is 21.8. The highest BCUT2D eigenvalue weighted by atomic mass is 16.5. The number of hydrogen-bond acceptors (Lipinski definition) is 7. The molecule has 2 heterocycles. The number of carbonyl (C=O) groups excluding carboxylic acids is 1. The van der Waals surface area contributed by atoms with Gasteiger partial charge in [0, 0.05) is 37.9 Å². The van der Waals surface area contributed by atoms with Gasteiger partial charge < -0.3 is 19.4 Å². The topological polar surface area (TPSA) is 87.8 Å². The summed E-state index contributed by atoms with van der Waals surface area (Å²) in [4.78, 5) is 37.6. The Morgan fingerprint density at radius 1 is 0.800 bits per heavy atom. The standard InChI is InChI=1S/C32H28N4O4/c37-31-26-13-4-6-15-28(26)33-30(34-31)22-35-17-19-36(20-18-35)23-9-8-12-25(21-23)40-32(38)27-14-5-7-16-29(27)39-24-10-2-1-3-11-24/h1-16,21H,17-20,22H2,(H,33,34,37).